The first-order valence-corrected chi connectivity index (χ1v) is 5.56. The van der Waals surface area contributed by atoms with Gasteiger partial charge in [-0.2, -0.15) is 0 Å². The average molecular weight is 217 g/mol. The van der Waals surface area contributed by atoms with E-state index in [0.717, 1.165) is 17.7 Å². The van der Waals surface area contributed by atoms with Crippen molar-refractivity contribution in [3.63, 3.8) is 0 Å². The summed E-state index contributed by atoms with van der Waals surface area (Å²) in [7, 11) is 0. The van der Waals surface area contributed by atoms with Gasteiger partial charge in [-0.25, -0.2) is 0 Å². The van der Waals surface area contributed by atoms with Gasteiger partial charge < -0.3 is 4.90 Å². The molecule has 1 aromatic rings. The van der Waals surface area contributed by atoms with Crippen LogP contribution in [0.4, 0.5) is 5.69 Å². The fourth-order valence-corrected chi connectivity index (χ4v) is 2.03. The normalized spacial score (nSPS) is 17.4. The molecule has 1 aliphatic rings. The van der Waals surface area contributed by atoms with E-state index in [4.69, 9.17) is 0 Å². The summed E-state index contributed by atoms with van der Waals surface area (Å²) in [5.74, 6) is -0.0158. The summed E-state index contributed by atoms with van der Waals surface area (Å²) in [4.78, 5) is 24.9. The predicted molar refractivity (Wildman–Crippen MR) is 62.4 cm³/mol. The maximum absolute atomic E-state index is 11.9. The smallest absolute Gasteiger partial charge is 0.234 e. The second-order valence-corrected chi connectivity index (χ2v) is 4.15. The Morgan fingerprint density at radius 1 is 1.19 bits per heavy atom. The second-order valence-electron chi connectivity index (χ2n) is 4.15. The van der Waals surface area contributed by atoms with Crippen LogP contribution in [0.15, 0.2) is 24.3 Å². The average Bonchev–Trinajstić information content (AvgIpc) is 2.40. The Hall–Kier alpha value is -1.64. The van der Waals surface area contributed by atoms with Crippen LogP contribution in [0.3, 0.4) is 0 Å². The molecular formula is C13H15NO2. The largest absolute Gasteiger partial charge is 0.312 e. The lowest BCUT2D eigenvalue weighted by Crippen LogP contribution is -2.31. The zero-order chi connectivity index (χ0) is 11.5. The van der Waals surface area contributed by atoms with Crippen LogP contribution >= 0.6 is 0 Å². The number of hydrogen-bond acceptors (Lipinski definition) is 2. The summed E-state index contributed by atoms with van der Waals surface area (Å²) in [6.07, 6.45) is 1.33. The monoisotopic (exact) mass is 217 g/mol. The summed E-state index contributed by atoms with van der Waals surface area (Å²) in [5.41, 5.74) is 2.01. The van der Waals surface area contributed by atoms with E-state index in [-0.39, 0.29) is 18.1 Å². The molecule has 0 bridgehead atoms. The number of anilines is 1. The number of amides is 1. The first-order chi connectivity index (χ1) is 7.68. The van der Waals surface area contributed by atoms with Crippen LogP contribution in [0.5, 0.6) is 0 Å². The fraction of sp³-hybridized carbons (Fsp3) is 0.385. The molecule has 0 saturated carbocycles. The van der Waals surface area contributed by atoms with E-state index in [1.165, 1.54) is 0 Å². The Labute approximate surface area is 95.1 Å². The molecule has 1 heterocycles. The Bertz CT molecular complexity index is 426. The molecule has 0 aromatic heterocycles. The standard InChI is InChI=1S/C13H15NO2/c1-10-5-2-3-7-12(10)14-8-4-6-11(15)9-13(14)16/h2-3,5,7H,4,6,8-9H2,1H3. The van der Waals surface area contributed by atoms with E-state index in [1.807, 2.05) is 31.2 Å². The van der Waals surface area contributed by atoms with Crippen LogP contribution in [0.2, 0.25) is 0 Å². The first kappa shape index (κ1) is 10.9. The second kappa shape index (κ2) is 4.47. The molecule has 0 N–H and O–H groups in total. The molecule has 1 saturated heterocycles. The van der Waals surface area contributed by atoms with Gasteiger partial charge in [-0.05, 0) is 25.0 Å². The van der Waals surface area contributed by atoms with Crippen LogP contribution in [0, 0.1) is 6.92 Å². The van der Waals surface area contributed by atoms with Crippen molar-refractivity contribution in [2.24, 2.45) is 0 Å². The van der Waals surface area contributed by atoms with Crippen LogP contribution in [-0.4, -0.2) is 18.2 Å². The van der Waals surface area contributed by atoms with Gasteiger partial charge in [-0.15, -0.1) is 0 Å². The van der Waals surface area contributed by atoms with E-state index in [9.17, 15) is 9.59 Å². The Balaban J connectivity index is 2.29. The van der Waals surface area contributed by atoms with Gasteiger partial charge in [-0.1, -0.05) is 18.2 Å². The SMILES string of the molecule is Cc1ccccc1N1CCCC(=O)CC1=O. The molecule has 2 rings (SSSR count). The molecule has 0 unspecified atom stereocenters. The van der Waals surface area contributed by atoms with Gasteiger partial charge in [0, 0.05) is 18.7 Å². The molecule has 3 nitrogen and oxygen atoms in total. The number of benzene rings is 1. The topological polar surface area (TPSA) is 37.4 Å². The third kappa shape index (κ3) is 2.13. The van der Waals surface area contributed by atoms with Crippen molar-refractivity contribution in [1.82, 2.24) is 0 Å². The Morgan fingerprint density at radius 3 is 2.69 bits per heavy atom. The van der Waals surface area contributed by atoms with Crippen molar-refractivity contribution in [2.45, 2.75) is 26.2 Å². The van der Waals surface area contributed by atoms with Gasteiger partial charge >= 0.3 is 0 Å². The minimum absolute atomic E-state index is 0.0499. The van der Waals surface area contributed by atoms with E-state index in [2.05, 4.69) is 0 Å². The highest BCUT2D eigenvalue weighted by Crippen LogP contribution is 2.22. The number of nitrogens with zero attached hydrogens (tertiary/aromatic N) is 1. The number of carbonyl (C=O) groups excluding carboxylic acids is 2. The van der Waals surface area contributed by atoms with Crippen LogP contribution in [0.25, 0.3) is 0 Å². The molecular weight excluding hydrogens is 202 g/mol. The van der Waals surface area contributed by atoms with Crippen molar-refractivity contribution < 1.29 is 9.59 Å². The maximum Gasteiger partial charge on any atom is 0.234 e. The molecule has 1 aliphatic heterocycles. The van der Waals surface area contributed by atoms with Crippen molar-refractivity contribution in [2.75, 3.05) is 11.4 Å². The van der Waals surface area contributed by atoms with E-state index < -0.39 is 0 Å². The molecule has 84 valence electrons. The maximum atomic E-state index is 11.9. The molecule has 0 spiro atoms. The number of ketones is 1. The van der Waals surface area contributed by atoms with Gasteiger partial charge in [0.1, 0.15) is 5.78 Å². The van der Waals surface area contributed by atoms with Gasteiger partial charge in [0.05, 0.1) is 6.42 Å². The predicted octanol–water partition coefficient (Wildman–Crippen LogP) is 2.08. The van der Waals surface area contributed by atoms with E-state index in [0.29, 0.717) is 13.0 Å². The third-order valence-corrected chi connectivity index (χ3v) is 2.89. The van der Waals surface area contributed by atoms with Gasteiger partial charge in [0.2, 0.25) is 5.91 Å². The van der Waals surface area contributed by atoms with Crippen molar-refractivity contribution >= 4 is 17.4 Å². The number of para-hydroxylation sites is 1. The summed E-state index contributed by atoms with van der Waals surface area (Å²) in [5, 5.41) is 0. The molecule has 0 aliphatic carbocycles. The number of rotatable bonds is 1. The molecule has 0 radical (unpaired) electrons. The number of aryl methyl sites for hydroxylation is 1. The van der Waals surface area contributed by atoms with Crippen molar-refractivity contribution in [1.29, 1.82) is 0 Å². The molecule has 1 amide bonds. The lowest BCUT2D eigenvalue weighted by atomic mass is 10.1. The zero-order valence-electron chi connectivity index (χ0n) is 9.40. The number of hydrogen-bond donors (Lipinski definition) is 0. The van der Waals surface area contributed by atoms with Gasteiger partial charge in [0.25, 0.3) is 0 Å². The van der Waals surface area contributed by atoms with Crippen molar-refractivity contribution in [3.8, 4) is 0 Å². The first-order valence-electron chi connectivity index (χ1n) is 5.56. The Morgan fingerprint density at radius 2 is 1.94 bits per heavy atom. The highest BCUT2D eigenvalue weighted by molar-refractivity contribution is 6.06. The molecule has 3 heteroatoms. The quantitative estimate of drug-likeness (QED) is 0.675. The summed E-state index contributed by atoms with van der Waals surface area (Å²) in [6, 6.07) is 7.78. The fourth-order valence-electron chi connectivity index (χ4n) is 2.03. The zero-order valence-corrected chi connectivity index (χ0v) is 9.40. The third-order valence-electron chi connectivity index (χ3n) is 2.89. The minimum Gasteiger partial charge on any atom is -0.312 e. The highest BCUT2D eigenvalue weighted by atomic mass is 16.2. The van der Waals surface area contributed by atoms with Crippen LogP contribution in [0.1, 0.15) is 24.8 Å². The van der Waals surface area contributed by atoms with Crippen LogP contribution < -0.4 is 4.90 Å². The summed E-state index contributed by atoms with van der Waals surface area (Å²) >= 11 is 0. The highest BCUT2D eigenvalue weighted by Gasteiger charge is 2.23. The Kier molecular flexibility index (Phi) is 3.04. The lowest BCUT2D eigenvalue weighted by Gasteiger charge is -2.22. The van der Waals surface area contributed by atoms with Crippen LogP contribution in [-0.2, 0) is 9.59 Å². The number of carbonyl (C=O) groups is 2. The molecule has 0 atom stereocenters. The number of Topliss-reactive ketones (excluding diaryl/α,β-unsaturated/α-hetero) is 1. The van der Waals surface area contributed by atoms with E-state index >= 15 is 0 Å². The summed E-state index contributed by atoms with van der Waals surface area (Å²) in [6.45, 7) is 2.63. The van der Waals surface area contributed by atoms with E-state index in [1.54, 1.807) is 4.90 Å². The molecule has 16 heavy (non-hydrogen) atoms. The van der Waals surface area contributed by atoms with Crippen molar-refractivity contribution in [3.05, 3.63) is 29.8 Å². The van der Waals surface area contributed by atoms with Gasteiger partial charge in [-0.3, -0.25) is 9.59 Å². The molecule has 1 fully saturated rings. The lowest BCUT2D eigenvalue weighted by molar-refractivity contribution is -0.125. The minimum atomic E-state index is -0.0724. The summed E-state index contributed by atoms with van der Waals surface area (Å²) < 4.78 is 0. The molecule has 1 aromatic carbocycles. The van der Waals surface area contributed by atoms with Gasteiger partial charge in [0.15, 0.2) is 0 Å².